The summed E-state index contributed by atoms with van der Waals surface area (Å²) in [6.07, 6.45) is 0.332. The van der Waals surface area contributed by atoms with E-state index in [0.717, 1.165) is 6.07 Å². The van der Waals surface area contributed by atoms with Crippen molar-refractivity contribution in [1.29, 1.82) is 0 Å². The molecular weight excluding hydrogens is 329 g/mol. The molecule has 0 aliphatic rings. The third-order valence-corrected chi connectivity index (χ3v) is 3.05. The normalized spacial score (nSPS) is 12.0. The Morgan fingerprint density at radius 3 is 2.71 bits per heavy atom. The molecule has 130 valence electrons. The van der Waals surface area contributed by atoms with Crippen LogP contribution >= 0.6 is 0 Å². The van der Waals surface area contributed by atoms with Crippen LogP contribution < -0.4 is 15.4 Å². The summed E-state index contributed by atoms with van der Waals surface area (Å²) in [4.78, 5) is 11.7. The number of hydrogen-bond donors (Lipinski definition) is 3. The van der Waals surface area contributed by atoms with Crippen LogP contribution in [0.2, 0.25) is 0 Å². The van der Waals surface area contributed by atoms with Gasteiger partial charge in [0.15, 0.2) is 0 Å². The summed E-state index contributed by atoms with van der Waals surface area (Å²) in [5.41, 5.74) is -0.209. The Kier molecular flexibility index (Phi) is 6.07. The summed E-state index contributed by atoms with van der Waals surface area (Å²) in [5, 5.41) is 14.4. The van der Waals surface area contributed by atoms with E-state index in [-0.39, 0.29) is 30.2 Å². The second-order valence-corrected chi connectivity index (χ2v) is 4.69. The highest BCUT2D eigenvalue weighted by molar-refractivity contribution is 5.73. The van der Waals surface area contributed by atoms with Gasteiger partial charge in [0.05, 0.1) is 19.4 Å². The van der Waals surface area contributed by atoms with Crippen molar-refractivity contribution in [2.45, 2.75) is 19.3 Å². The number of carbonyl (C=O) groups is 1. The summed E-state index contributed by atoms with van der Waals surface area (Å²) in [7, 11) is 0. The summed E-state index contributed by atoms with van der Waals surface area (Å²) < 4.78 is 47.5. The van der Waals surface area contributed by atoms with Gasteiger partial charge in [-0.3, -0.25) is 0 Å². The summed E-state index contributed by atoms with van der Waals surface area (Å²) in [6.45, 7) is -3.61. The molecule has 0 fully saturated rings. The maximum Gasteiger partial charge on any atom is 0.387 e. The number of carbonyl (C=O) groups excluding carboxylic acids is 1. The SMILES string of the molecule is O=C(NCc1c(F)cccc1OC(F)F)NCC(O)c1ccco1. The molecule has 0 radical (unpaired) electrons. The average molecular weight is 344 g/mol. The Morgan fingerprint density at radius 2 is 2.04 bits per heavy atom. The zero-order valence-electron chi connectivity index (χ0n) is 12.3. The van der Waals surface area contributed by atoms with E-state index in [4.69, 9.17) is 4.42 Å². The van der Waals surface area contributed by atoms with Crippen LogP contribution in [0, 0.1) is 5.82 Å². The van der Waals surface area contributed by atoms with Gasteiger partial charge in [-0.25, -0.2) is 9.18 Å². The molecule has 6 nitrogen and oxygen atoms in total. The van der Waals surface area contributed by atoms with Crippen molar-refractivity contribution in [2.75, 3.05) is 6.54 Å². The maximum atomic E-state index is 13.7. The fourth-order valence-electron chi connectivity index (χ4n) is 1.92. The average Bonchev–Trinajstić information content (AvgIpc) is 3.06. The Labute approximate surface area is 135 Å². The topological polar surface area (TPSA) is 83.7 Å². The number of hydrogen-bond acceptors (Lipinski definition) is 4. The first kappa shape index (κ1) is 17.7. The quantitative estimate of drug-likeness (QED) is 0.721. The van der Waals surface area contributed by atoms with Crippen molar-refractivity contribution in [3.63, 3.8) is 0 Å². The summed E-state index contributed by atoms with van der Waals surface area (Å²) >= 11 is 0. The molecule has 2 rings (SSSR count). The van der Waals surface area contributed by atoms with Crippen LogP contribution in [0.1, 0.15) is 17.4 Å². The van der Waals surface area contributed by atoms with Gasteiger partial charge < -0.3 is 24.9 Å². The third kappa shape index (κ3) is 4.92. The molecule has 1 unspecified atom stereocenters. The molecule has 2 aromatic rings. The molecule has 3 N–H and O–H groups in total. The standard InChI is InChI=1S/C15H15F3N2O4/c16-10-3-1-4-12(24-14(17)18)9(10)7-19-15(22)20-8-11(21)13-5-2-6-23-13/h1-6,11,14,21H,7-8H2,(H2,19,20,22). The van der Waals surface area contributed by atoms with Gasteiger partial charge >= 0.3 is 12.6 Å². The van der Waals surface area contributed by atoms with Crippen molar-refractivity contribution >= 4 is 6.03 Å². The zero-order chi connectivity index (χ0) is 17.5. The Hall–Kier alpha value is -2.68. The molecule has 0 bridgehead atoms. The largest absolute Gasteiger partial charge is 0.467 e. The first-order valence-corrected chi connectivity index (χ1v) is 6.92. The fraction of sp³-hybridized carbons (Fsp3) is 0.267. The second kappa shape index (κ2) is 8.25. The number of ether oxygens (including phenoxy) is 1. The molecule has 0 aliphatic heterocycles. The Bertz CT molecular complexity index is 665. The lowest BCUT2D eigenvalue weighted by Crippen LogP contribution is -2.37. The van der Waals surface area contributed by atoms with Crippen LogP contribution in [-0.4, -0.2) is 24.3 Å². The molecular formula is C15H15F3N2O4. The molecule has 9 heteroatoms. The van der Waals surface area contributed by atoms with E-state index in [1.807, 2.05) is 0 Å². The van der Waals surface area contributed by atoms with Gasteiger partial charge in [-0.15, -0.1) is 0 Å². The van der Waals surface area contributed by atoms with Crippen molar-refractivity contribution in [3.05, 3.63) is 53.7 Å². The van der Waals surface area contributed by atoms with E-state index < -0.39 is 24.6 Å². The van der Waals surface area contributed by atoms with E-state index >= 15 is 0 Å². The van der Waals surface area contributed by atoms with Crippen LogP contribution in [0.3, 0.4) is 0 Å². The molecule has 1 aromatic heterocycles. The van der Waals surface area contributed by atoms with Crippen LogP contribution in [0.25, 0.3) is 0 Å². The van der Waals surface area contributed by atoms with Crippen molar-refractivity contribution in [1.82, 2.24) is 10.6 Å². The second-order valence-electron chi connectivity index (χ2n) is 4.69. The van der Waals surface area contributed by atoms with Gasteiger partial charge in [0.1, 0.15) is 23.4 Å². The number of nitrogens with one attached hydrogen (secondary N) is 2. The van der Waals surface area contributed by atoms with Crippen molar-refractivity contribution < 1.29 is 32.2 Å². The summed E-state index contributed by atoms with van der Waals surface area (Å²) in [5.74, 6) is -0.873. The predicted molar refractivity (Wildman–Crippen MR) is 76.9 cm³/mol. The van der Waals surface area contributed by atoms with Crippen molar-refractivity contribution in [3.8, 4) is 5.75 Å². The minimum absolute atomic E-state index is 0.142. The van der Waals surface area contributed by atoms with Gasteiger partial charge in [-0.05, 0) is 24.3 Å². The molecule has 0 spiro atoms. The molecule has 0 saturated carbocycles. The number of aliphatic hydroxyl groups excluding tert-OH is 1. The van der Waals surface area contributed by atoms with Gasteiger partial charge in [0.2, 0.25) is 0 Å². The third-order valence-electron chi connectivity index (χ3n) is 3.05. The minimum atomic E-state index is -3.11. The van der Waals surface area contributed by atoms with Gasteiger partial charge in [0.25, 0.3) is 0 Å². The predicted octanol–water partition coefficient (Wildman–Crippen LogP) is 2.55. The van der Waals surface area contributed by atoms with E-state index in [0.29, 0.717) is 0 Å². The highest BCUT2D eigenvalue weighted by Crippen LogP contribution is 2.23. The van der Waals surface area contributed by atoms with Crippen LogP contribution in [0.4, 0.5) is 18.0 Å². The fourth-order valence-corrected chi connectivity index (χ4v) is 1.92. The van der Waals surface area contributed by atoms with Gasteiger partial charge in [0, 0.05) is 5.56 Å². The zero-order valence-corrected chi connectivity index (χ0v) is 12.3. The lowest BCUT2D eigenvalue weighted by atomic mass is 10.2. The highest BCUT2D eigenvalue weighted by atomic mass is 19.3. The van der Waals surface area contributed by atoms with E-state index in [9.17, 15) is 23.1 Å². The van der Waals surface area contributed by atoms with E-state index in [1.54, 1.807) is 6.07 Å². The lowest BCUT2D eigenvalue weighted by molar-refractivity contribution is -0.0506. The number of benzene rings is 1. The van der Waals surface area contributed by atoms with E-state index in [1.165, 1.54) is 24.5 Å². The number of urea groups is 1. The molecule has 1 heterocycles. The van der Waals surface area contributed by atoms with Crippen LogP contribution in [-0.2, 0) is 6.54 Å². The number of rotatable bonds is 7. The number of amides is 2. The molecule has 1 aromatic carbocycles. The molecule has 0 aliphatic carbocycles. The number of alkyl halides is 2. The first-order chi connectivity index (χ1) is 11.5. The van der Waals surface area contributed by atoms with Gasteiger partial charge in [-0.1, -0.05) is 6.07 Å². The lowest BCUT2D eigenvalue weighted by Gasteiger charge is -2.13. The Morgan fingerprint density at radius 1 is 1.25 bits per heavy atom. The monoisotopic (exact) mass is 344 g/mol. The smallest absolute Gasteiger partial charge is 0.387 e. The minimum Gasteiger partial charge on any atom is -0.467 e. The van der Waals surface area contributed by atoms with Crippen molar-refractivity contribution in [2.24, 2.45) is 0 Å². The first-order valence-electron chi connectivity index (χ1n) is 6.92. The Balaban J connectivity index is 1.87. The number of aliphatic hydroxyl groups is 1. The molecule has 2 amide bonds. The van der Waals surface area contributed by atoms with E-state index in [2.05, 4.69) is 15.4 Å². The molecule has 24 heavy (non-hydrogen) atoms. The van der Waals surface area contributed by atoms with Gasteiger partial charge in [-0.2, -0.15) is 8.78 Å². The summed E-state index contributed by atoms with van der Waals surface area (Å²) in [6, 6.07) is 5.86. The number of furan rings is 1. The highest BCUT2D eigenvalue weighted by Gasteiger charge is 2.15. The number of halogens is 3. The molecule has 1 atom stereocenters. The van der Waals surface area contributed by atoms with Crippen LogP contribution in [0.15, 0.2) is 41.0 Å². The van der Waals surface area contributed by atoms with Crippen LogP contribution in [0.5, 0.6) is 5.75 Å². The maximum absolute atomic E-state index is 13.7. The molecule has 0 saturated heterocycles.